The number of hydrogen-bond acceptors (Lipinski definition) is 4. The zero-order valence-electron chi connectivity index (χ0n) is 9.27. The number of hydrogen-bond donors (Lipinski definition) is 1. The first kappa shape index (κ1) is 22.1. The summed E-state index contributed by atoms with van der Waals surface area (Å²) in [6, 6.07) is 0. The van der Waals surface area contributed by atoms with Crippen LogP contribution in [0.4, 0.5) is 0 Å². The molecule has 1 amide bonds. The van der Waals surface area contributed by atoms with E-state index in [1.54, 1.807) is 4.72 Å². The van der Waals surface area contributed by atoms with Gasteiger partial charge in [-0.15, -0.1) is 44.6 Å². The molecule has 0 aromatic heterocycles. The second-order valence-electron chi connectivity index (χ2n) is 2.36. The molecule has 0 saturated heterocycles. The minimum absolute atomic E-state index is 0.147. The van der Waals surface area contributed by atoms with E-state index < -0.39 is 16.2 Å². The quantitative estimate of drug-likeness (QED) is 0.722. The van der Waals surface area contributed by atoms with E-state index in [4.69, 9.17) is 0 Å². The molecule has 0 saturated carbocycles. The van der Waals surface area contributed by atoms with Crippen LogP contribution in [0.2, 0.25) is 0 Å². The summed E-state index contributed by atoms with van der Waals surface area (Å²) in [6.07, 6.45) is 0. The second-order valence-corrected chi connectivity index (χ2v) is 31.9. The molecule has 14 heteroatoms. The van der Waals surface area contributed by atoms with Gasteiger partial charge in [0.05, 0.1) is 7.11 Å². The lowest BCUT2D eigenvalue weighted by Crippen LogP contribution is -2.28. The van der Waals surface area contributed by atoms with Crippen LogP contribution >= 0.6 is 65.6 Å². The first-order valence-electron chi connectivity index (χ1n) is 3.76. The van der Waals surface area contributed by atoms with Crippen molar-refractivity contribution in [2.75, 3.05) is 7.11 Å². The third-order valence-electron chi connectivity index (χ3n) is 0.961. The fraction of sp³-hybridized carbons (Fsp3) is 0.667. The minimum atomic E-state index is -3.82. The van der Waals surface area contributed by atoms with Crippen molar-refractivity contribution in [3.63, 3.8) is 0 Å². The van der Waals surface area contributed by atoms with E-state index in [2.05, 4.69) is 48.8 Å². The maximum absolute atomic E-state index is 10.3. The lowest BCUT2D eigenvalue weighted by atomic mass is 10.8. The Kier molecular flexibility index (Phi) is 14.9. The van der Waals surface area contributed by atoms with Gasteiger partial charge in [0.2, 0.25) is 5.91 Å². The zero-order valence-corrected chi connectivity index (χ0v) is 18.5. The Morgan fingerprint density at radius 3 is 1.53 bits per heavy atom. The number of nitrogens with one attached hydrogen (secondary N) is 1. The molecular formula is C3H17NO4P8S. The summed E-state index contributed by atoms with van der Waals surface area (Å²) >= 11 is 0. The lowest BCUT2D eigenvalue weighted by molar-refractivity contribution is -0.117. The molecule has 0 aromatic rings. The molecule has 17 heavy (non-hydrogen) atoms. The van der Waals surface area contributed by atoms with Crippen molar-refractivity contribution in [2.24, 2.45) is 0 Å². The van der Waals surface area contributed by atoms with Gasteiger partial charge in [0.1, 0.15) is 0 Å². The van der Waals surface area contributed by atoms with Crippen molar-refractivity contribution in [1.29, 1.82) is 0 Å². The van der Waals surface area contributed by atoms with E-state index in [0.29, 0.717) is 0 Å². The average Bonchev–Trinajstić information content (AvgIpc) is 2.15. The van der Waals surface area contributed by atoms with Crippen molar-refractivity contribution >= 4 is 81.8 Å². The molecule has 5 atom stereocenters. The number of rotatable bonds is 4. The van der Waals surface area contributed by atoms with Crippen LogP contribution in [0.3, 0.4) is 0 Å². The van der Waals surface area contributed by atoms with Crippen LogP contribution in [-0.2, 0) is 19.3 Å². The summed E-state index contributed by atoms with van der Waals surface area (Å²) in [5.74, 6) is -0.670. The summed E-state index contributed by atoms with van der Waals surface area (Å²) in [6.45, 7) is 1.57. The monoisotopic (exact) mass is 411 g/mol. The molecule has 5 unspecified atom stereocenters. The van der Waals surface area contributed by atoms with Gasteiger partial charge in [-0.05, 0) is 21.0 Å². The smallest absolute Gasteiger partial charge is 0.274 e. The molecule has 0 fully saturated rings. The first-order valence-corrected chi connectivity index (χ1v) is 18.7. The van der Waals surface area contributed by atoms with Crippen LogP contribution in [0.5, 0.6) is 0 Å². The van der Waals surface area contributed by atoms with Gasteiger partial charge in [-0.3, -0.25) is 8.98 Å². The zero-order chi connectivity index (χ0) is 14.2. The Bertz CT molecular complexity index is 311. The van der Waals surface area contributed by atoms with Crippen LogP contribution in [0.15, 0.2) is 0 Å². The van der Waals surface area contributed by atoms with Gasteiger partial charge in [0.15, 0.2) is 0 Å². The van der Waals surface area contributed by atoms with Gasteiger partial charge in [-0.1, -0.05) is 0 Å². The lowest BCUT2D eigenvalue weighted by Gasteiger charge is -2.18. The maximum atomic E-state index is 10.3. The number of amides is 1. The summed E-state index contributed by atoms with van der Waals surface area (Å²) < 4.78 is 26.0. The maximum Gasteiger partial charge on any atom is 0.361 e. The highest BCUT2D eigenvalue weighted by Gasteiger charge is 2.09. The van der Waals surface area contributed by atoms with E-state index in [-0.39, 0.29) is 21.0 Å². The van der Waals surface area contributed by atoms with Gasteiger partial charge in [-0.25, -0.2) is 4.72 Å². The summed E-state index contributed by atoms with van der Waals surface area (Å²) in [5, 5.41) is 0. The van der Waals surface area contributed by atoms with E-state index in [9.17, 15) is 13.2 Å². The Hall–Kier alpha value is 2.82. The topological polar surface area (TPSA) is 72.5 Å². The third kappa shape index (κ3) is 15.0. The Morgan fingerprint density at radius 1 is 1.12 bits per heavy atom. The van der Waals surface area contributed by atoms with Gasteiger partial charge >= 0.3 is 10.3 Å². The molecule has 0 aliphatic carbocycles. The standard InChI is InChI=1S/C3H7NO4S.H10P8/c1-3(5)4-9(6,7)8-2;1-6(2)8(5)7(3)4/h1-2H3,(H,4,5);1-5H2. The third-order valence-corrected chi connectivity index (χ3v) is 39.8. The van der Waals surface area contributed by atoms with Crippen molar-refractivity contribution in [1.82, 2.24) is 4.72 Å². The molecule has 0 rings (SSSR count). The Labute approximate surface area is 118 Å². The second kappa shape index (κ2) is 11.5. The summed E-state index contributed by atoms with van der Waals surface area (Å²) in [5.41, 5.74) is 0. The summed E-state index contributed by atoms with van der Waals surface area (Å²) in [4.78, 5) is 10.0. The Balaban J connectivity index is 0. The largest absolute Gasteiger partial charge is 0.361 e. The van der Waals surface area contributed by atoms with Crippen LogP contribution < -0.4 is 4.72 Å². The molecule has 0 heterocycles. The molecule has 104 valence electrons. The van der Waals surface area contributed by atoms with E-state index in [0.717, 1.165) is 14.0 Å². The molecule has 1 N–H and O–H groups in total. The highest BCUT2D eigenvalue weighted by molar-refractivity contribution is 9.06. The molecule has 0 radical (unpaired) electrons. The predicted molar refractivity (Wildman–Crippen MR) is 99.1 cm³/mol. The van der Waals surface area contributed by atoms with Gasteiger partial charge in [0.25, 0.3) is 0 Å². The number of carbonyl (C=O) groups is 1. The predicted octanol–water partition coefficient (Wildman–Crippen LogP) is 3.23. The Morgan fingerprint density at radius 2 is 1.47 bits per heavy atom. The van der Waals surface area contributed by atoms with Crippen LogP contribution in [-0.4, -0.2) is 21.4 Å². The molecule has 0 spiro atoms. The van der Waals surface area contributed by atoms with E-state index in [1.807, 2.05) is 0 Å². The molecule has 0 aromatic carbocycles. The molecule has 5 nitrogen and oxygen atoms in total. The number of carbonyl (C=O) groups excluding carboxylic acids is 1. The van der Waals surface area contributed by atoms with Crippen molar-refractivity contribution in [3.8, 4) is 0 Å². The van der Waals surface area contributed by atoms with Crippen molar-refractivity contribution < 1.29 is 17.4 Å². The van der Waals surface area contributed by atoms with E-state index in [1.165, 1.54) is 0 Å². The fourth-order valence-electron chi connectivity index (χ4n) is 0.337. The average molecular weight is 411 g/mol. The first-order chi connectivity index (χ1) is 7.53. The van der Waals surface area contributed by atoms with Crippen LogP contribution in [0.25, 0.3) is 0 Å². The highest BCUT2D eigenvalue weighted by Crippen LogP contribution is 3.00. The van der Waals surface area contributed by atoms with Gasteiger partial charge < -0.3 is 0 Å². The molecule has 0 aliphatic heterocycles. The minimum Gasteiger partial charge on any atom is -0.274 e. The van der Waals surface area contributed by atoms with Crippen molar-refractivity contribution in [2.45, 2.75) is 6.92 Å². The molecule has 0 aliphatic rings. The summed E-state index contributed by atoms with van der Waals surface area (Å²) in [7, 11) is 11.5. The fourth-order valence-corrected chi connectivity index (χ4v) is 29.6. The normalized spacial score (nSPS) is 11.4. The molecule has 0 bridgehead atoms. The van der Waals surface area contributed by atoms with Gasteiger partial charge in [0, 0.05) is 6.92 Å². The van der Waals surface area contributed by atoms with Crippen molar-refractivity contribution in [3.05, 3.63) is 0 Å². The highest BCUT2D eigenvalue weighted by atomic mass is 33.1. The van der Waals surface area contributed by atoms with Crippen LogP contribution in [0.1, 0.15) is 6.92 Å². The van der Waals surface area contributed by atoms with Gasteiger partial charge in [-0.2, -0.15) is 8.42 Å². The van der Waals surface area contributed by atoms with E-state index >= 15 is 0 Å². The molecular weight excluding hydrogens is 394 g/mol. The van der Waals surface area contributed by atoms with Crippen LogP contribution in [0, 0.1) is 0 Å². The SMILES string of the molecule is COS(=O)(=O)NC(C)=O.PP(P)P(P)P(P)P.